The molecule has 67 heavy (non-hydrogen) atoms. The van der Waals surface area contributed by atoms with Crippen molar-refractivity contribution < 1.29 is 28.0 Å². The Hall–Kier alpha value is -5.57. The van der Waals surface area contributed by atoms with E-state index in [0.29, 0.717) is 5.92 Å². The van der Waals surface area contributed by atoms with Gasteiger partial charge in [0.25, 0.3) is 0 Å². The molecule has 0 bridgehead atoms. The van der Waals surface area contributed by atoms with Gasteiger partial charge in [-0.1, -0.05) is 111 Å². The van der Waals surface area contributed by atoms with Crippen molar-refractivity contribution in [2.45, 2.75) is 64.9 Å². The van der Waals surface area contributed by atoms with Crippen molar-refractivity contribution in [3.63, 3.8) is 0 Å². The van der Waals surface area contributed by atoms with E-state index in [1.54, 1.807) is 29.0 Å². The van der Waals surface area contributed by atoms with Crippen molar-refractivity contribution in [1.82, 2.24) is 14.5 Å². The average Bonchev–Trinajstić information content (AvgIpc) is 3.88. The van der Waals surface area contributed by atoms with Crippen LogP contribution in [0.1, 0.15) is 51.3 Å². The molecule has 3 heterocycles. The summed E-state index contributed by atoms with van der Waals surface area (Å²) in [7, 11) is 0. The van der Waals surface area contributed by atoms with Crippen molar-refractivity contribution in [2.75, 3.05) is 0 Å². The predicted octanol–water partition coefficient (Wildman–Crippen LogP) is 16.1. The number of rotatable bonds is 8. The number of thiophene rings is 1. The van der Waals surface area contributed by atoms with E-state index in [4.69, 9.17) is 4.98 Å². The minimum atomic E-state index is -3.36. The minimum Gasteiger partial charge on any atom is -0.333 e. The van der Waals surface area contributed by atoms with Crippen molar-refractivity contribution >= 4 is 60.7 Å². The molecule has 7 aromatic carbocycles. The van der Waals surface area contributed by atoms with Crippen LogP contribution in [0.4, 0.5) is 7.89 Å². The summed E-state index contributed by atoms with van der Waals surface area (Å²) in [4.78, 5) is 9.75. The Morgan fingerprint density at radius 2 is 1.49 bits per heavy atom. The summed E-state index contributed by atoms with van der Waals surface area (Å²) >= 11 is -1.59. The normalized spacial score (nSPS) is 11.8. The molecule has 10 rings (SSSR count). The first-order valence-corrected chi connectivity index (χ1v) is 29.5. The van der Waals surface area contributed by atoms with Crippen LogP contribution in [0.5, 0.6) is 0 Å². The molecule has 339 valence electrons. The molecule has 8 heteroatoms. The van der Waals surface area contributed by atoms with Gasteiger partial charge in [0.2, 0.25) is 0 Å². The third-order valence-corrected chi connectivity index (χ3v) is 16.9. The van der Waals surface area contributed by atoms with Gasteiger partial charge in [-0.05, 0) is 80.2 Å². The number of nitrogens with zero attached hydrogens (tertiary/aromatic N) is 3. The molecule has 0 amide bonds. The summed E-state index contributed by atoms with van der Waals surface area (Å²) in [5.74, 6) is 4.70. The summed E-state index contributed by atoms with van der Waals surface area (Å²) < 4.78 is 33.7. The number of pyridine rings is 1. The van der Waals surface area contributed by atoms with Crippen LogP contribution in [0.15, 0.2) is 158 Å². The third kappa shape index (κ3) is 10.0. The molecule has 3 nitrogen and oxygen atoms in total. The fourth-order valence-electron chi connectivity index (χ4n) is 8.80. The van der Waals surface area contributed by atoms with Crippen LogP contribution in [-0.4, -0.2) is 28.3 Å². The van der Waals surface area contributed by atoms with Crippen LogP contribution in [0.25, 0.3) is 81.8 Å². The second-order valence-electron chi connectivity index (χ2n) is 19.1. The second-order valence-corrected chi connectivity index (χ2v) is 27.4. The summed E-state index contributed by atoms with van der Waals surface area (Å²) in [6, 6.07) is 57.9. The van der Waals surface area contributed by atoms with Gasteiger partial charge in [-0.15, -0.1) is 17.7 Å². The molecule has 0 unspecified atom stereocenters. The monoisotopic (exact) mass is 1140 g/mol. The zero-order valence-electron chi connectivity index (χ0n) is 39.1. The fourth-order valence-corrected chi connectivity index (χ4v) is 12.9. The van der Waals surface area contributed by atoms with Crippen LogP contribution >= 0.6 is 11.3 Å². The Morgan fingerprint density at radius 1 is 0.776 bits per heavy atom. The Morgan fingerprint density at radius 3 is 2.19 bits per heavy atom. The van der Waals surface area contributed by atoms with E-state index in [1.807, 2.05) is 42.5 Å². The minimum absolute atomic E-state index is 0. The number of aryl methyl sites for hydroxylation is 1. The average molecular weight is 1140 g/mol. The van der Waals surface area contributed by atoms with Gasteiger partial charge in [-0.25, -0.2) is 4.39 Å². The van der Waals surface area contributed by atoms with Crippen LogP contribution in [0.2, 0.25) is 11.5 Å². The molecule has 0 spiro atoms. The zero-order chi connectivity index (χ0) is 46.3. The van der Waals surface area contributed by atoms with E-state index < -0.39 is 13.7 Å². The van der Waals surface area contributed by atoms with Gasteiger partial charge >= 0.3 is 124 Å². The van der Waals surface area contributed by atoms with Crippen LogP contribution < -0.4 is 4.40 Å². The first-order valence-electron chi connectivity index (χ1n) is 22.6. The van der Waals surface area contributed by atoms with Crippen molar-refractivity contribution in [1.29, 1.82) is 0 Å². The molecule has 0 N–H and O–H groups in total. The first kappa shape index (κ1) is 47.9. The number of hydrogen-bond acceptors (Lipinski definition) is 3. The molecule has 0 atom stereocenters. The Kier molecular flexibility index (Phi) is 14.0. The molecule has 3 aromatic heterocycles. The Balaban J connectivity index is 0.000000244. The first-order chi connectivity index (χ1) is 31.6. The smallest absolute Gasteiger partial charge is 0.123 e. The maximum absolute atomic E-state index is 14.5. The van der Waals surface area contributed by atoms with Gasteiger partial charge in [-0.2, -0.15) is 11.3 Å². The predicted molar refractivity (Wildman–Crippen MR) is 278 cm³/mol. The number of hydrogen-bond donors (Lipinski definition) is 0. The van der Waals surface area contributed by atoms with Crippen molar-refractivity contribution in [2.24, 2.45) is 5.92 Å². The number of benzene rings is 7. The van der Waals surface area contributed by atoms with Gasteiger partial charge in [-0.3, -0.25) is 4.98 Å². The molecule has 0 saturated carbocycles. The quantitative estimate of drug-likeness (QED) is 0.112. The number of fused-ring (bicyclic) bond motifs is 4. The molecule has 1 radical (unpaired) electrons. The summed E-state index contributed by atoms with van der Waals surface area (Å²) in [6.07, 6.45) is 2.66. The molecule has 0 fully saturated rings. The molecular formula is C59H53F2GeIrN3S-2. The summed E-state index contributed by atoms with van der Waals surface area (Å²) in [5, 5.41) is 2.44. The number of para-hydroxylation sites is 2. The topological polar surface area (TPSA) is 30.7 Å². The van der Waals surface area contributed by atoms with Gasteiger partial charge in [0, 0.05) is 36.1 Å². The van der Waals surface area contributed by atoms with Crippen LogP contribution in [-0.2, 0) is 31.9 Å². The maximum Gasteiger partial charge on any atom is 0.123 e. The molecule has 0 saturated heterocycles. The Labute approximate surface area is 414 Å². The SMILES string of the molecule is CC(C)Cc1cc(-c2[c-]cccc2)nc[c]1[Ge]([CH3])([CH3])[F].Cc1c[c-]c(-c2nc3ccccc3n2-c2ccc(C(C)(C)C)cc2-c2ccccc2)c2sc3cc(-c4ccc(F)cc4)ccc3c12.[Ir]. The maximum atomic E-state index is 14.5. The van der Waals surface area contributed by atoms with Gasteiger partial charge in [0.1, 0.15) is 5.82 Å². The van der Waals surface area contributed by atoms with Crippen LogP contribution in [0.3, 0.4) is 0 Å². The van der Waals surface area contributed by atoms with Gasteiger partial charge < -0.3 is 4.57 Å². The largest absolute Gasteiger partial charge is 0.333 e. The number of imidazole rings is 1. The van der Waals surface area contributed by atoms with E-state index in [1.165, 1.54) is 49.9 Å². The van der Waals surface area contributed by atoms with E-state index in [2.05, 4.69) is 160 Å². The van der Waals surface area contributed by atoms with E-state index >= 15 is 0 Å². The molecule has 0 aliphatic carbocycles. The molecular weight excluding hydrogens is 1090 g/mol. The summed E-state index contributed by atoms with van der Waals surface area (Å²) in [6.45, 7) is 13.3. The second kappa shape index (κ2) is 19.6. The third-order valence-electron chi connectivity index (χ3n) is 12.1. The summed E-state index contributed by atoms with van der Waals surface area (Å²) in [5.41, 5.74) is 13.9. The van der Waals surface area contributed by atoms with E-state index in [-0.39, 0.29) is 31.3 Å². The van der Waals surface area contributed by atoms with Gasteiger partial charge in [0.05, 0.1) is 16.9 Å². The van der Waals surface area contributed by atoms with Crippen molar-refractivity contribution in [3.8, 4) is 50.6 Å². The van der Waals surface area contributed by atoms with E-state index in [9.17, 15) is 7.89 Å². The number of aromatic nitrogens is 3. The Bertz CT molecular complexity index is 3350. The molecule has 10 aromatic rings. The van der Waals surface area contributed by atoms with Crippen LogP contribution in [0, 0.1) is 30.8 Å². The van der Waals surface area contributed by atoms with Gasteiger partial charge in [0.15, 0.2) is 0 Å². The van der Waals surface area contributed by atoms with Crippen molar-refractivity contribution in [3.05, 3.63) is 192 Å². The molecule has 0 aliphatic heterocycles. The zero-order valence-corrected chi connectivity index (χ0v) is 44.4. The fraction of sp³-hybridized carbons (Fsp3) is 0.186. The standard InChI is InChI=1S/C42H32FN2S.C17H21FGeN.Ir/c1-26-14-21-33(40-39(26)32-22-17-29(24-38(32)46-40)27-15-19-31(43)20-16-27)41-44-35-12-8-9-13-37(35)45(41)36-23-18-30(42(2,3)4)25-34(36)28-10-6-5-7-11-28;1-13(2)10-15-11-17(14-8-6-5-7-9-14)20-12-16(15)19(3,4)18;/h5-20,22-25H,1-4H3;5-8,11-13H,10H2,1-4H3;/q2*-1;. The molecule has 0 aliphatic rings. The van der Waals surface area contributed by atoms with E-state index in [0.717, 1.165) is 71.6 Å². The number of halogens is 2.